The molecule has 0 fully saturated rings. The van der Waals surface area contributed by atoms with Gasteiger partial charge in [-0.15, -0.1) is 0 Å². The standard InChI is InChI=1S/C10H15NO2/c1-7(12)9-6-8(11(2)3)4-5-10(9)13/h4-7,12-13H,1-3H3. The molecule has 1 aromatic carbocycles. The molecule has 0 saturated heterocycles. The predicted octanol–water partition coefficient (Wildman–Crippen LogP) is 1.51. The molecule has 0 aromatic heterocycles. The largest absolute Gasteiger partial charge is 0.508 e. The number of phenolic OH excluding ortho intramolecular Hbond substituents is 1. The van der Waals surface area contributed by atoms with Gasteiger partial charge in [-0.1, -0.05) is 0 Å². The molecule has 0 spiro atoms. The van der Waals surface area contributed by atoms with Crippen molar-refractivity contribution in [2.75, 3.05) is 19.0 Å². The topological polar surface area (TPSA) is 43.7 Å². The zero-order chi connectivity index (χ0) is 10.0. The lowest BCUT2D eigenvalue weighted by Gasteiger charge is -2.15. The van der Waals surface area contributed by atoms with Gasteiger partial charge in [-0.05, 0) is 25.1 Å². The van der Waals surface area contributed by atoms with Crippen molar-refractivity contribution >= 4 is 5.69 Å². The number of hydrogen-bond donors (Lipinski definition) is 2. The van der Waals surface area contributed by atoms with E-state index in [0.717, 1.165) is 5.69 Å². The summed E-state index contributed by atoms with van der Waals surface area (Å²) in [5.41, 5.74) is 1.53. The van der Waals surface area contributed by atoms with Crippen LogP contribution < -0.4 is 4.90 Å². The number of aromatic hydroxyl groups is 1. The second-order valence-electron chi connectivity index (χ2n) is 3.31. The van der Waals surface area contributed by atoms with E-state index in [-0.39, 0.29) is 5.75 Å². The average molecular weight is 181 g/mol. The van der Waals surface area contributed by atoms with Crippen LogP contribution in [0, 0.1) is 0 Å². The molecule has 3 heteroatoms. The molecule has 1 rings (SSSR count). The first-order chi connectivity index (χ1) is 6.02. The summed E-state index contributed by atoms with van der Waals surface area (Å²) in [5, 5.41) is 18.7. The van der Waals surface area contributed by atoms with Crippen molar-refractivity contribution in [1.29, 1.82) is 0 Å². The van der Waals surface area contributed by atoms with E-state index in [2.05, 4.69) is 0 Å². The Balaban J connectivity index is 3.11. The van der Waals surface area contributed by atoms with Crippen LogP contribution in [0.1, 0.15) is 18.6 Å². The molecule has 0 aliphatic rings. The minimum absolute atomic E-state index is 0.139. The lowest BCUT2D eigenvalue weighted by atomic mass is 10.1. The summed E-state index contributed by atoms with van der Waals surface area (Å²) in [7, 11) is 3.83. The van der Waals surface area contributed by atoms with Crippen molar-refractivity contribution in [3.8, 4) is 5.75 Å². The number of benzene rings is 1. The number of phenols is 1. The molecule has 0 aliphatic carbocycles. The Morgan fingerprint density at radius 3 is 2.38 bits per heavy atom. The van der Waals surface area contributed by atoms with Crippen LogP contribution in [0.5, 0.6) is 5.75 Å². The second kappa shape index (κ2) is 3.66. The number of nitrogens with zero attached hydrogens (tertiary/aromatic N) is 1. The molecule has 0 saturated carbocycles. The molecule has 1 unspecified atom stereocenters. The fourth-order valence-electron chi connectivity index (χ4n) is 1.15. The predicted molar refractivity (Wildman–Crippen MR) is 53.1 cm³/mol. The van der Waals surface area contributed by atoms with Gasteiger partial charge in [0.2, 0.25) is 0 Å². The average Bonchev–Trinajstić information content (AvgIpc) is 2.04. The fourth-order valence-corrected chi connectivity index (χ4v) is 1.15. The highest BCUT2D eigenvalue weighted by Crippen LogP contribution is 2.27. The van der Waals surface area contributed by atoms with E-state index in [4.69, 9.17) is 0 Å². The Morgan fingerprint density at radius 2 is 1.92 bits per heavy atom. The molecule has 0 amide bonds. The zero-order valence-corrected chi connectivity index (χ0v) is 8.15. The Hall–Kier alpha value is -1.22. The Labute approximate surface area is 78.2 Å². The number of aliphatic hydroxyl groups is 1. The van der Waals surface area contributed by atoms with Crippen molar-refractivity contribution in [2.24, 2.45) is 0 Å². The molecule has 0 aliphatic heterocycles. The van der Waals surface area contributed by atoms with Crippen molar-refractivity contribution in [2.45, 2.75) is 13.0 Å². The van der Waals surface area contributed by atoms with E-state index in [1.54, 1.807) is 25.1 Å². The third kappa shape index (κ3) is 2.12. The number of aliphatic hydroxyl groups excluding tert-OH is 1. The van der Waals surface area contributed by atoms with Crippen molar-refractivity contribution in [3.05, 3.63) is 23.8 Å². The van der Waals surface area contributed by atoms with Gasteiger partial charge in [0.15, 0.2) is 0 Å². The number of anilines is 1. The van der Waals surface area contributed by atoms with E-state index < -0.39 is 6.10 Å². The smallest absolute Gasteiger partial charge is 0.121 e. The van der Waals surface area contributed by atoms with Gasteiger partial charge < -0.3 is 15.1 Å². The first-order valence-corrected chi connectivity index (χ1v) is 4.20. The van der Waals surface area contributed by atoms with Crippen molar-refractivity contribution in [3.63, 3.8) is 0 Å². The highest BCUT2D eigenvalue weighted by molar-refractivity contribution is 5.52. The van der Waals surface area contributed by atoms with Crippen molar-refractivity contribution < 1.29 is 10.2 Å². The van der Waals surface area contributed by atoms with Gasteiger partial charge in [0.25, 0.3) is 0 Å². The van der Waals surface area contributed by atoms with Crippen LogP contribution >= 0.6 is 0 Å². The van der Waals surface area contributed by atoms with Crippen molar-refractivity contribution in [1.82, 2.24) is 0 Å². The lowest BCUT2D eigenvalue weighted by Crippen LogP contribution is -2.09. The van der Waals surface area contributed by atoms with E-state index in [0.29, 0.717) is 5.56 Å². The number of rotatable bonds is 2. The van der Waals surface area contributed by atoms with Gasteiger partial charge in [-0.2, -0.15) is 0 Å². The zero-order valence-electron chi connectivity index (χ0n) is 8.15. The van der Waals surface area contributed by atoms with Crippen LogP contribution in [0.4, 0.5) is 5.69 Å². The normalized spacial score (nSPS) is 12.6. The van der Waals surface area contributed by atoms with E-state index in [1.165, 1.54) is 0 Å². The van der Waals surface area contributed by atoms with E-state index in [1.807, 2.05) is 19.0 Å². The van der Waals surface area contributed by atoms with Gasteiger partial charge in [0, 0.05) is 25.3 Å². The third-order valence-electron chi connectivity index (χ3n) is 1.98. The molecule has 2 N–H and O–H groups in total. The Kier molecular flexibility index (Phi) is 2.78. The van der Waals surface area contributed by atoms with E-state index >= 15 is 0 Å². The van der Waals surface area contributed by atoms with Gasteiger partial charge in [0.05, 0.1) is 6.10 Å². The van der Waals surface area contributed by atoms with Gasteiger partial charge >= 0.3 is 0 Å². The third-order valence-corrected chi connectivity index (χ3v) is 1.98. The maximum absolute atomic E-state index is 9.41. The van der Waals surface area contributed by atoms with Gasteiger partial charge in [-0.25, -0.2) is 0 Å². The molecule has 0 radical (unpaired) electrons. The summed E-state index contributed by atoms with van der Waals surface area (Å²) >= 11 is 0. The maximum Gasteiger partial charge on any atom is 0.121 e. The van der Waals surface area contributed by atoms with Crippen LogP contribution in [-0.2, 0) is 0 Å². The molecule has 1 atom stereocenters. The summed E-state index contributed by atoms with van der Waals surface area (Å²) in [6.45, 7) is 1.63. The minimum Gasteiger partial charge on any atom is -0.508 e. The van der Waals surface area contributed by atoms with Crippen LogP contribution in [-0.4, -0.2) is 24.3 Å². The van der Waals surface area contributed by atoms with E-state index in [9.17, 15) is 10.2 Å². The summed E-state index contributed by atoms with van der Waals surface area (Å²) in [5.74, 6) is 0.139. The molecular formula is C10H15NO2. The molecule has 3 nitrogen and oxygen atoms in total. The second-order valence-corrected chi connectivity index (χ2v) is 3.31. The minimum atomic E-state index is -0.639. The monoisotopic (exact) mass is 181 g/mol. The lowest BCUT2D eigenvalue weighted by molar-refractivity contribution is 0.195. The molecule has 72 valence electrons. The van der Waals surface area contributed by atoms with Crippen LogP contribution in [0.3, 0.4) is 0 Å². The first-order valence-electron chi connectivity index (χ1n) is 4.20. The molecule has 1 aromatic rings. The fraction of sp³-hybridized carbons (Fsp3) is 0.400. The summed E-state index contributed by atoms with van der Waals surface area (Å²) < 4.78 is 0. The SMILES string of the molecule is CC(O)c1cc(N(C)C)ccc1O. The van der Waals surface area contributed by atoms with Gasteiger partial charge in [-0.3, -0.25) is 0 Å². The molecule has 0 bridgehead atoms. The highest BCUT2D eigenvalue weighted by Gasteiger charge is 2.08. The Morgan fingerprint density at radius 1 is 1.31 bits per heavy atom. The summed E-state index contributed by atoms with van der Waals surface area (Å²) in [6, 6.07) is 5.18. The molecule has 13 heavy (non-hydrogen) atoms. The van der Waals surface area contributed by atoms with Crippen LogP contribution in [0.25, 0.3) is 0 Å². The highest BCUT2D eigenvalue weighted by atomic mass is 16.3. The maximum atomic E-state index is 9.41. The van der Waals surface area contributed by atoms with Gasteiger partial charge in [0.1, 0.15) is 5.75 Å². The summed E-state index contributed by atoms with van der Waals surface area (Å²) in [4.78, 5) is 1.92. The van der Waals surface area contributed by atoms with Crippen LogP contribution in [0.2, 0.25) is 0 Å². The van der Waals surface area contributed by atoms with Crippen LogP contribution in [0.15, 0.2) is 18.2 Å². The number of hydrogen-bond acceptors (Lipinski definition) is 3. The summed E-state index contributed by atoms with van der Waals surface area (Å²) in [6.07, 6.45) is -0.639. The first kappa shape index (κ1) is 9.86. The molecule has 0 heterocycles. The quantitative estimate of drug-likeness (QED) is 0.726. The Bertz CT molecular complexity index is 295. The molecular weight excluding hydrogens is 166 g/mol.